The molecule has 0 bridgehead atoms. The monoisotopic (exact) mass is 369 g/mol. The van der Waals surface area contributed by atoms with Crippen LogP contribution in [0, 0.1) is 0 Å². The van der Waals surface area contributed by atoms with Crippen molar-refractivity contribution >= 4 is 23.6 Å². The highest BCUT2D eigenvalue weighted by Gasteiger charge is 2.11. The fourth-order valence-corrected chi connectivity index (χ4v) is 2.44. The van der Waals surface area contributed by atoms with Crippen LogP contribution >= 0.6 is 0 Å². The maximum absolute atomic E-state index is 12.1. The summed E-state index contributed by atoms with van der Waals surface area (Å²) in [7, 11) is 3.13. The van der Waals surface area contributed by atoms with Crippen molar-refractivity contribution in [2.75, 3.05) is 19.5 Å². The normalized spacial score (nSPS) is 11.7. The molecule has 0 spiro atoms. The zero-order valence-electron chi connectivity index (χ0n) is 15.8. The summed E-state index contributed by atoms with van der Waals surface area (Å²) in [5.74, 6) is 0.624. The van der Waals surface area contributed by atoms with Gasteiger partial charge in [0.15, 0.2) is 0 Å². The summed E-state index contributed by atoms with van der Waals surface area (Å²) >= 11 is 0. The lowest BCUT2D eigenvalue weighted by Crippen LogP contribution is -2.08. The Morgan fingerprint density at radius 2 is 1.70 bits per heavy atom. The molecule has 1 atom stereocenters. The van der Waals surface area contributed by atoms with Crippen molar-refractivity contribution in [3.05, 3.63) is 59.7 Å². The number of ether oxygens (including phenoxy) is 3. The lowest BCUT2D eigenvalue weighted by atomic mass is 10.1. The van der Waals surface area contributed by atoms with Crippen molar-refractivity contribution in [1.82, 2.24) is 0 Å². The molecule has 6 heteroatoms. The first-order chi connectivity index (χ1) is 12.9. The van der Waals surface area contributed by atoms with Gasteiger partial charge >= 0.3 is 5.97 Å². The molecule has 27 heavy (non-hydrogen) atoms. The summed E-state index contributed by atoms with van der Waals surface area (Å²) < 4.78 is 15.8. The molecule has 142 valence electrons. The van der Waals surface area contributed by atoms with E-state index in [0.717, 1.165) is 11.1 Å². The number of carbonyl (C=O) groups is 2. The van der Waals surface area contributed by atoms with Crippen molar-refractivity contribution in [1.29, 1.82) is 0 Å². The van der Waals surface area contributed by atoms with Gasteiger partial charge < -0.3 is 19.5 Å². The lowest BCUT2D eigenvalue weighted by molar-refractivity contribution is -0.142. The third kappa shape index (κ3) is 6.18. The minimum absolute atomic E-state index is 0.159. The Labute approximate surface area is 158 Å². The Morgan fingerprint density at radius 1 is 1.04 bits per heavy atom. The largest absolute Gasteiger partial charge is 0.497 e. The molecule has 0 saturated heterocycles. The molecule has 1 unspecified atom stereocenters. The molecule has 0 aromatic heterocycles. The summed E-state index contributed by atoms with van der Waals surface area (Å²) in [6.07, 6.45) is 2.52. The second kappa shape index (κ2) is 9.43. The summed E-state index contributed by atoms with van der Waals surface area (Å²) in [5.41, 5.74) is 2.19. The van der Waals surface area contributed by atoms with Crippen LogP contribution in [0.25, 0.3) is 6.08 Å². The van der Waals surface area contributed by atoms with Gasteiger partial charge in [0, 0.05) is 24.8 Å². The maximum Gasteiger partial charge on any atom is 0.331 e. The predicted molar refractivity (Wildman–Crippen MR) is 104 cm³/mol. The van der Waals surface area contributed by atoms with E-state index in [2.05, 4.69) is 5.32 Å². The molecule has 0 heterocycles. The van der Waals surface area contributed by atoms with Gasteiger partial charge in [0.1, 0.15) is 17.6 Å². The van der Waals surface area contributed by atoms with Crippen LogP contribution in [-0.4, -0.2) is 26.1 Å². The van der Waals surface area contributed by atoms with Crippen molar-refractivity contribution in [3.8, 4) is 11.5 Å². The van der Waals surface area contributed by atoms with E-state index in [0.29, 0.717) is 17.2 Å². The Bertz CT molecular complexity index is 822. The number of hydrogen-bond acceptors (Lipinski definition) is 5. The molecule has 2 aromatic rings. The molecule has 0 aliphatic heterocycles. The van der Waals surface area contributed by atoms with Gasteiger partial charge in [-0.3, -0.25) is 4.79 Å². The van der Waals surface area contributed by atoms with Gasteiger partial charge in [-0.25, -0.2) is 4.79 Å². The Kier molecular flexibility index (Phi) is 7.00. The molecule has 0 aliphatic rings. The van der Waals surface area contributed by atoms with Gasteiger partial charge in [-0.15, -0.1) is 0 Å². The first-order valence-corrected chi connectivity index (χ1v) is 8.40. The summed E-state index contributed by atoms with van der Waals surface area (Å²) in [6, 6.07) is 12.5. The molecular weight excluding hydrogens is 346 g/mol. The second-order valence-corrected chi connectivity index (χ2v) is 5.87. The quantitative estimate of drug-likeness (QED) is 0.590. The van der Waals surface area contributed by atoms with Gasteiger partial charge in [-0.1, -0.05) is 12.1 Å². The highest BCUT2D eigenvalue weighted by molar-refractivity contribution is 5.89. The van der Waals surface area contributed by atoms with E-state index < -0.39 is 12.1 Å². The molecule has 2 rings (SSSR count). The number of amides is 1. The van der Waals surface area contributed by atoms with Gasteiger partial charge in [-0.2, -0.15) is 0 Å². The average molecular weight is 369 g/mol. The smallest absolute Gasteiger partial charge is 0.331 e. The fraction of sp³-hybridized carbons (Fsp3) is 0.238. The fourth-order valence-electron chi connectivity index (χ4n) is 2.44. The topological polar surface area (TPSA) is 73.9 Å². The third-order valence-corrected chi connectivity index (χ3v) is 3.75. The van der Waals surface area contributed by atoms with Crippen molar-refractivity contribution in [2.45, 2.75) is 20.0 Å². The SMILES string of the molecule is COc1cc(/C=C/C(=O)OC(C)c2cccc(NC(C)=O)c2)cc(OC)c1. The summed E-state index contributed by atoms with van der Waals surface area (Å²) in [6.45, 7) is 3.21. The molecular formula is C21H23NO5. The zero-order chi connectivity index (χ0) is 19.8. The van der Waals surface area contributed by atoms with Gasteiger partial charge in [0.25, 0.3) is 0 Å². The number of hydrogen-bond donors (Lipinski definition) is 1. The van der Waals surface area contributed by atoms with Crippen LogP contribution in [-0.2, 0) is 14.3 Å². The molecule has 6 nitrogen and oxygen atoms in total. The van der Waals surface area contributed by atoms with E-state index in [-0.39, 0.29) is 5.91 Å². The van der Waals surface area contributed by atoms with Crippen LogP contribution in [0.2, 0.25) is 0 Å². The predicted octanol–water partition coefficient (Wildman–Crippen LogP) is 3.98. The molecule has 2 aromatic carbocycles. The van der Waals surface area contributed by atoms with Crippen LogP contribution in [0.4, 0.5) is 5.69 Å². The number of anilines is 1. The number of rotatable bonds is 7. The molecule has 0 fully saturated rings. The van der Waals surface area contributed by atoms with Crippen LogP contribution < -0.4 is 14.8 Å². The van der Waals surface area contributed by atoms with Crippen molar-refractivity contribution < 1.29 is 23.8 Å². The van der Waals surface area contributed by atoms with Crippen molar-refractivity contribution in [3.63, 3.8) is 0 Å². The van der Waals surface area contributed by atoms with Crippen LogP contribution in [0.5, 0.6) is 11.5 Å². The minimum Gasteiger partial charge on any atom is -0.497 e. The first-order valence-electron chi connectivity index (χ1n) is 8.40. The van der Waals surface area contributed by atoms with Crippen molar-refractivity contribution in [2.24, 2.45) is 0 Å². The number of methoxy groups -OCH3 is 2. The second-order valence-electron chi connectivity index (χ2n) is 5.87. The van der Waals surface area contributed by atoms with E-state index in [1.807, 2.05) is 6.07 Å². The van der Waals surface area contributed by atoms with E-state index in [4.69, 9.17) is 14.2 Å². The van der Waals surface area contributed by atoms with Crippen LogP contribution in [0.3, 0.4) is 0 Å². The zero-order valence-corrected chi connectivity index (χ0v) is 15.8. The van der Waals surface area contributed by atoms with E-state index in [1.54, 1.807) is 63.6 Å². The standard InChI is InChI=1S/C21H23NO5/c1-14(17-6-5-7-18(12-17)22-15(2)23)27-21(24)9-8-16-10-19(25-3)13-20(11-16)26-4/h5-14H,1-4H3,(H,22,23)/b9-8+. The summed E-state index contributed by atoms with van der Waals surface area (Å²) in [5, 5.41) is 2.70. The highest BCUT2D eigenvalue weighted by atomic mass is 16.5. The molecule has 1 amide bonds. The molecule has 1 N–H and O–H groups in total. The lowest BCUT2D eigenvalue weighted by Gasteiger charge is -2.13. The summed E-state index contributed by atoms with van der Waals surface area (Å²) in [4.78, 5) is 23.3. The van der Waals surface area contributed by atoms with Gasteiger partial charge in [0.05, 0.1) is 14.2 Å². The minimum atomic E-state index is -0.478. The Balaban J connectivity index is 2.04. The van der Waals surface area contributed by atoms with Crippen LogP contribution in [0.15, 0.2) is 48.5 Å². The molecule has 0 radical (unpaired) electrons. The maximum atomic E-state index is 12.1. The number of esters is 1. The van der Waals surface area contributed by atoms with Gasteiger partial charge in [0.2, 0.25) is 5.91 Å². The van der Waals surface area contributed by atoms with Crippen LogP contribution in [0.1, 0.15) is 31.1 Å². The number of benzene rings is 2. The van der Waals surface area contributed by atoms with E-state index in [1.165, 1.54) is 13.0 Å². The molecule has 0 aliphatic carbocycles. The van der Waals surface area contributed by atoms with E-state index >= 15 is 0 Å². The Morgan fingerprint density at radius 3 is 2.30 bits per heavy atom. The average Bonchev–Trinajstić information content (AvgIpc) is 2.65. The van der Waals surface area contributed by atoms with E-state index in [9.17, 15) is 9.59 Å². The first kappa shape index (κ1) is 20.0. The number of carbonyl (C=O) groups excluding carboxylic acids is 2. The molecule has 0 saturated carbocycles. The number of nitrogens with one attached hydrogen (secondary N) is 1. The van der Waals surface area contributed by atoms with Gasteiger partial charge in [-0.05, 0) is 48.4 Å². The highest BCUT2D eigenvalue weighted by Crippen LogP contribution is 2.24. The third-order valence-electron chi connectivity index (χ3n) is 3.75. The Hall–Kier alpha value is -3.28.